The van der Waals surface area contributed by atoms with Crippen LogP contribution in [0.25, 0.3) is 11.1 Å². The summed E-state index contributed by atoms with van der Waals surface area (Å²) in [5, 5.41) is 11.1. The van der Waals surface area contributed by atoms with Crippen molar-refractivity contribution in [1.29, 1.82) is 0 Å². The van der Waals surface area contributed by atoms with E-state index in [9.17, 15) is 14.4 Å². The van der Waals surface area contributed by atoms with Gasteiger partial charge in [-0.1, -0.05) is 42.5 Å². The Morgan fingerprint density at radius 2 is 1.80 bits per heavy atom. The number of benzene rings is 3. The minimum Gasteiger partial charge on any atom is -0.493 e. The number of amides is 2. The number of aliphatic carboxylic acids is 1. The molecule has 0 atom stereocenters. The van der Waals surface area contributed by atoms with Gasteiger partial charge in [0.15, 0.2) is 0 Å². The SMILES string of the molecule is Cc1cccc(OCCCC(=O)N2CCCc3c(-c4cccc(COC(=O)NCCC(=O)O)c4)cccc32)c1C. The number of carboxylic acids is 1. The second-order valence-electron chi connectivity index (χ2n) is 9.95. The van der Waals surface area contributed by atoms with Gasteiger partial charge in [-0.05, 0) is 84.7 Å². The van der Waals surface area contributed by atoms with E-state index in [1.165, 1.54) is 5.56 Å². The second kappa shape index (κ2) is 13.6. The number of rotatable bonds is 11. The van der Waals surface area contributed by atoms with Crippen LogP contribution in [-0.2, 0) is 27.4 Å². The Bertz CT molecular complexity index is 1370. The zero-order chi connectivity index (χ0) is 28.5. The molecule has 0 saturated carbocycles. The summed E-state index contributed by atoms with van der Waals surface area (Å²) >= 11 is 0. The summed E-state index contributed by atoms with van der Waals surface area (Å²) in [5.41, 5.74) is 7.26. The molecular weight excluding hydrogens is 508 g/mol. The Hall–Kier alpha value is -4.33. The summed E-state index contributed by atoms with van der Waals surface area (Å²) < 4.78 is 11.2. The molecule has 2 N–H and O–H groups in total. The second-order valence-corrected chi connectivity index (χ2v) is 9.95. The minimum atomic E-state index is -0.985. The molecule has 40 heavy (non-hydrogen) atoms. The molecule has 8 nitrogen and oxygen atoms in total. The van der Waals surface area contributed by atoms with Crippen molar-refractivity contribution in [3.63, 3.8) is 0 Å². The molecule has 8 heteroatoms. The van der Waals surface area contributed by atoms with Crippen molar-refractivity contribution in [2.45, 2.75) is 52.6 Å². The molecular formula is C32H36N2O6. The number of carbonyl (C=O) groups excluding carboxylic acids is 2. The molecule has 4 rings (SSSR count). The van der Waals surface area contributed by atoms with Crippen LogP contribution in [0.1, 0.15) is 47.9 Å². The maximum absolute atomic E-state index is 13.2. The molecule has 1 aliphatic heterocycles. The van der Waals surface area contributed by atoms with E-state index < -0.39 is 12.1 Å². The van der Waals surface area contributed by atoms with E-state index in [0.29, 0.717) is 26.0 Å². The molecule has 3 aromatic rings. The molecule has 0 radical (unpaired) electrons. The standard InChI is InChI=1S/C32H36N2O6/c1-22-8-3-14-29(23(22)2)39-19-7-15-30(35)34-18-6-12-27-26(11-5-13-28(27)34)25-10-4-9-24(20-25)21-40-32(38)33-17-16-31(36)37/h3-5,8-11,13-14,20H,6-7,12,15-19,21H2,1-2H3,(H,33,38)(H,36,37). The third-order valence-corrected chi connectivity index (χ3v) is 7.12. The first-order chi connectivity index (χ1) is 19.3. The fourth-order valence-corrected chi connectivity index (χ4v) is 4.88. The summed E-state index contributed by atoms with van der Waals surface area (Å²) in [4.78, 5) is 37.6. The Labute approximate surface area is 234 Å². The summed E-state index contributed by atoms with van der Waals surface area (Å²) in [5.74, 6) is -0.0211. The van der Waals surface area contributed by atoms with Crippen LogP contribution in [0.2, 0.25) is 0 Å². The van der Waals surface area contributed by atoms with E-state index in [2.05, 4.69) is 24.4 Å². The van der Waals surface area contributed by atoms with Crippen LogP contribution in [0.5, 0.6) is 5.75 Å². The number of nitrogens with one attached hydrogen (secondary N) is 1. The number of anilines is 1. The van der Waals surface area contributed by atoms with Gasteiger partial charge in [0.05, 0.1) is 13.0 Å². The molecule has 3 aromatic carbocycles. The van der Waals surface area contributed by atoms with Gasteiger partial charge in [-0.15, -0.1) is 0 Å². The molecule has 0 saturated heterocycles. The highest BCUT2D eigenvalue weighted by Gasteiger charge is 2.24. The number of ether oxygens (including phenoxy) is 2. The highest BCUT2D eigenvalue weighted by Crippen LogP contribution is 2.36. The van der Waals surface area contributed by atoms with Crippen LogP contribution >= 0.6 is 0 Å². The normalized spacial score (nSPS) is 12.4. The number of aryl methyl sites for hydroxylation is 1. The van der Waals surface area contributed by atoms with Gasteiger partial charge >= 0.3 is 12.1 Å². The van der Waals surface area contributed by atoms with E-state index >= 15 is 0 Å². The van der Waals surface area contributed by atoms with Gasteiger partial charge in [-0.2, -0.15) is 0 Å². The highest BCUT2D eigenvalue weighted by atomic mass is 16.5. The molecule has 0 bridgehead atoms. The van der Waals surface area contributed by atoms with Crippen molar-refractivity contribution in [2.75, 3.05) is 24.6 Å². The van der Waals surface area contributed by atoms with Gasteiger partial charge in [0.1, 0.15) is 12.4 Å². The number of nitrogens with zero attached hydrogens (tertiary/aromatic N) is 1. The summed E-state index contributed by atoms with van der Waals surface area (Å²) in [6, 6.07) is 19.8. The average molecular weight is 545 g/mol. The molecule has 1 aliphatic rings. The number of carbonyl (C=O) groups is 3. The molecule has 0 aliphatic carbocycles. The third kappa shape index (κ3) is 7.40. The van der Waals surface area contributed by atoms with Crippen LogP contribution in [-0.4, -0.2) is 42.8 Å². The monoisotopic (exact) mass is 544 g/mol. The van der Waals surface area contributed by atoms with Gasteiger partial charge in [-0.3, -0.25) is 9.59 Å². The van der Waals surface area contributed by atoms with Crippen molar-refractivity contribution in [2.24, 2.45) is 0 Å². The average Bonchev–Trinajstić information content (AvgIpc) is 2.95. The third-order valence-electron chi connectivity index (χ3n) is 7.12. The lowest BCUT2D eigenvalue weighted by molar-refractivity contribution is -0.136. The lowest BCUT2D eigenvalue weighted by atomic mass is 9.91. The van der Waals surface area contributed by atoms with Crippen molar-refractivity contribution in [3.05, 3.63) is 82.9 Å². The molecule has 1 heterocycles. The Morgan fingerprint density at radius 3 is 2.62 bits per heavy atom. The molecule has 0 unspecified atom stereocenters. The van der Waals surface area contributed by atoms with E-state index in [-0.39, 0.29) is 25.5 Å². The van der Waals surface area contributed by atoms with Crippen LogP contribution in [0, 0.1) is 13.8 Å². The molecule has 0 spiro atoms. The quantitative estimate of drug-likeness (QED) is 0.295. The zero-order valence-corrected chi connectivity index (χ0v) is 23.1. The molecule has 2 amide bonds. The van der Waals surface area contributed by atoms with Crippen molar-refractivity contribution >= 4 is 23.7 Å². The van der Waals surface area contributed by atoms with Crippen molar-refractivity contribution in [1.82, 2.24) is 5.32 Å². The van der Waals surface area contributed by atoms with Crippen molar-refractivity contribution in [3.8, 4) is 16.9 Å². The van der Waals surface area contributed by atoms with Crippen LogP contribution in [0.15, 0.2) is 60.7 Å². The summed E-state index contributed by atoms with van der Waals surface area (Å²) in [6.45, 7) is 5.36. The van der Waals surface area contributed by atoms with Gasteiger partial charge < -0.3 is 24.8 Å². The maximum Gasteiger partial charge on any atom is 0.407 e. The lowest BCUT2D eigenvalue weighted by Gasteiger charge is -2.31. The van der Waals surface area contributed by atoms with Gasteiger partial charge in [0.25, 0.3) is 0 Å². The van der Waals surface area contributed by atoms with Gasteiger partial charge in [0, 0.05) is 25.2 Å². The fraction of sp³-hybridized carbons (Fsp3) is 0.344. The minimum absolute atomic E-state index is 0.0129. The largest absolute Gasteiger partial charge is 0.493 e. The predicted octanol–water partition coefficient (Wildman–Crippen LogP) is 5.81. The number of alkyl carbamates (subject to hydrolysis) is 1. The van der Waals surface area contributed by atoms with Crippen molar-refractivity contribution < 1.29 is 29.0 Å². The summed E-state index contributed by atoms with van der Waals surface area (Å²) in [6.07, 6.45) is 1.99. The zero-order valence-electron chi connectivity index (χ0n) is 23.1. The number of fused-ring (bicyclic) bond motifs is 1. The fourth-order valence-electron chi connectivity index (χ4n) is 4.88. The number of hydrogen-bond acceptors (Lipinski definition) is 5. The highest BCUT2D eigenvalue weighted by molar-refractivity contribution is 5.96. The van der Waals surface area contributed by atoms with Crippen LogP contribution in [0.4, 0.5) is 10.5 Å². The van der Waals surface area contributed by atoms with E-state index in [0.717, 1.165) is 52.1 Å². The predicted molar refractivity (Wildman–Crippen MR) is 154 cm³/mol. The topological polar surface area (TPSA) is 105 Å². The first-order valence-electron chi connectivity index (χ1n) is 13.7. The first kappa shape index (κ1) is 28.7. The Morgan fingerprint density at radius 1 is 1.00 bits per heavy atom. The van der Waals surface area contributed by atoms with Crippen LogP contribution in [0.3, 0.4) is 0 Å². The maximum atomic E-state index is 13.2. The van der Waals surface area contributed by atoms with E-state index in [4.69, 9.17) is 14.6 Å². The number of carboxylic acid groups (broad SMARTS) is 1. The van der Waals surface area contributed by atoms with E-state index in [1.807, 2.05) is 60.4 Å². The smallest absolute Gasteiger partial charge is 0.407 e. The Kier molecular flexibility index (Phi) is 9.78. The molecule has 0 aromatic heterocycles. The lowest BCUT2D eigenvalue weighted by Crippen LogP contribution is -2.35. The van der Waals surface area contributed by atoms with Gasteiger partial charge in [-0.25, -0.2) is 4.79 Å². The summed E-state index contributed by atoms with van der Waals surface area (Å²) in [7, 11) is 0. The number of hydrogen-bond donors (Lipinski definition) is 2. The van der Waals surface area contributed by atoms with E-state index in [1.54, 1.807) is 0 Å². The molecule has 0 fully saturated rings. The first-order valence-corrected chi connectivity index (χ1v) is 13.7. The van der Waals surface area contributed by atoms with Crippen LogP contribution < -0.4 is 15.0 Å². The van der Waals surface area contributed by atoms with Gasteiger partial charge in [0.2, 0.25) is 5.91 Å². The molecule has 210 valence electrons. The Balaban J connectivity index is 1.38.